The zero-order valence-electron chi connectivity index (χ0n) is 20.2. The van der Waals surface area contributed by atoms with Crippen molar-refractivity contribution in [2.75, 3.05) is 39.3 Å². The minimum atomic E-state index is -0.0645. The lowest BCUT2D eigenvalue weighted by Crippen LogP contribution is -2.53. The maximum atomic E-state index is 13.4. The molecule has 0 saturated carbocycles. The quantitative estimate of drug-likeness (QED) is 0.540. The van der Waals surface area contributed by atoms with Gasteiger partial charge in [0.1, 0.15) is 5.82 Å². The number of aryl methyl sites for hydroxylation is 1. The van der Waals surface area contributed by atoms with Crippen LogP contribution < -0.4 is 0 Å². The molecule has 1 aromatic heterocycles. The molecular weight excluding hydrogens is 462 g/mol. The van der Waals surface area contributed by atoms with Crippen molar-refractivity contribution in [1.82, 2.24) is 24.3 Å². The average Bonchev–Trinajstić information content (AvgIpc) is 3.25. The number of benzene rings is 2. The lowest BCUT2D eigenvalue weighted by atomic mass is 9.96. The number of para-hydroxylation sites is 2. The normalized spacial score (nSPS) is 19.3. The topological polar surface area (TPSA) is 61.7 Å². The number of rotatable bonds is 5. The van der Waals surface area contributed by atoms with Crippen molar-refractivity contribution < 1.29 is 9.59 Å². The summed E-state index contributed by atoms with van der Waals surface area (Å²) in [6.07, 6.45) is 1.92. The van der Waals surface area contributed by atoms with Crippen LogP contribution in [0.15, 0.2) is 48.5 Å². The second-order valence-electron chi connectivity index (χ2n) is 9.43. The molecule has 2 aliphatic heterocycles. The van der Waals surface area contributed by atoms with E-state index < -0.39 is 0 Å². The van der Waals surface area contributed by atoms with E-state index in [0.29, 0.717) is 36.8 Å². The molecule has 7 nitrogen and oxygen atoms in total. The van der Waals surface area contributed by atoms with Gasteiger partial charge in [-0.3, -0.25) is 14.5 Å². The first-order chi connectivity index (χ1) is 17.0. The molecule has 3 heterocycles. The number of hydrogen-bond acceptors (Lipinski definition) is 4. The summed E-state index contributed by atoms with van der Waals surface area (Å²) >= 11 is 6.21. The summed E-state index contributed by atoms with van der Waals surface area (Å²) in [4.78, 5) is 37.2. The van der Waals surface area contributed by atoms with E-state index in [-0.39, 0.29) is 17.7 Å². The van der Waals surface area contributed by atoms with Gasteiger partial charge in [0, 0.05) is 39.3 Å². The van der Waals surface area contributed by atoms with E-state index in [4.69, 9.17) is 16.6 Å². The van der Waals surface area contributed by atoms with Gasteiger partial charge >= 0.3 is 0 Å². The molecule has 0 spiro atoms. The largest absolute Gasteiger partial charge is 0.339 e. The van der Waals surface area contributed by atoms with E-state index in [1.54, 1.807) is 17.0 Å². The summed E-state index contributed by atoms with van der Waals surface area (Å²) < 4.78 is 2.27. The van der Waals surface area contributed by atoms with Gasteiger partial charge in [0.25, 0.3) is 5.91 Å². The molecule has 0 radical (unpaired) electrons. The van der Waals surface area contributed by atoms with E-state index in [1.807, 2.05) is 23.1 Å². The molecule has 2 fully saturated rings. The number of aromatic nitrogens is 2. The summed E-state index contributed by atoms with van der Waals surface area (Å²) in [5, 5.41) is 0.468. The lowest BCUT2D eigenvalue weighted by Gasteiger charge is -2.39. The molecule has 5 rings (SSSR count). The van der Waals surface area contributed by atoms with E-state index in [2.05, 4.69) is 34.6 Å². The number of halogens is 1. The van der Waals surface area contributed by atoms with E-state index >= 15 is 0 Å². The third kappa shape index (κ3) is 4.93. The van der Waals surface area contributed by atoms with Crippen LogP contribution in [0.25, 0.3) is 11.0 Å². The molecule has 1 atom stereocenters. The Kier molecular flexibility index (Phi) is 7.07. The Balaban J connectivity index is 1.19. The Hall–Kier alpha value is -2.90. The molecule has 35 heavy (non-hydrogen) atoms. The van der Waals surface area contributed by atoms with Crippen LogP contribution in [0.1, 0.15) is 35.9 Å². The van der Waals surface area contributed by atoms with Crippen LogP contribution in [-0.2, 0) is 17.9 Å². The first kappa shape index (κ1) is 23.8. The van der Waals surface area contributed by atoms with Crippen LogP contribution in [0.2, 0.25) is 5.02 Å². The van der Waals surface area contributed by atoms with Crippen LogP contribution in [0.3, 0.4) is 0 Å². The fraction of sp³-hybridized carbons (Fsp3) is 0.444. The molecule has 0 N–H and O–H groups in total. The van der Waals surface area contributed by atoms with Crippen LogP contribution in [0, 0.1) is 5.92 Å². The first-order valence-corrected chi connectivity index (χ1v) is 12.9. The maximum absolute atomic E-state index is 13.4. The molecular formula is C27H32ClN5O2. The third-order valence-corrected chi connectivity index (χ3v) is 7.58. The number of nitrogens with zero attached hydrogens (tertiary/aromatic N) is 5. The van der Waals surface area contributed by atoms with Crippen LogP contribution in [0.5, 0.6) is 0 Å². The van der Waals surface area contributed by atoms with Gasteiger partial charge in [-0.2, -0.15) is 0 Å². The van der Waals surface area contributed by atoms with Gasteiger partial charge in [0.2, 0.25) is 5.91 Å². The molecule has 2 saturated heterocycles. The number of fused-ring (bicyclic) bond motifs is 1. The molecule has 0 bridgehead atoms. The molecule has 2 aromatic carbocycles. The monoisotopic (exact) mass is 493 g/mol. The van der Waals surface area contributed by atoms with Gasteiger partial charge < -0.3 is 14.4 Å². The molecule has 0 aliphatic carbocycles. The Morgan fingerprint density at radius 1 is 0.971 bits per heavy atom. The Morgan fingerprint density at radius 3 is 2.46 bits per heavy atom. The van der Waals surface area contributed by atoms with E-state index in [9.17, 15) is 9.59 Å². The number of carbonyl (C=O) groups excluding carboxylic acids is 2. The number of carbonyl (C=O) groups is 2. The van der Waals surface area contributed by atoms with E-state index in [1.165, 1.54) is 5.52 Å². The van der Waals surface area contributed by atoms with E-state index in [0.717, 1.165) is 50.4 Å². The smallest absolute Gasteiger partial charge is 0.255 e. The summed E-state index contributed by atoms with van der Waals surface area (Å²) in [6, 6.07) is 15.4. The molecule has 2 amide bonds. The standard InChI is InChI=1S/C27H32ClN5O2/c1-2-33-24-12-6-5-11-23(24)29-25(33)19-30-13-7-8-20(18-30)26(34)31-14-16-32(17-15-31)27(35)21-9-3-4-10-22(21)28/h3-6,9-12,20H,2,7-8,13-19H2,1H3/t20-/m0/s1. The van der Waals surface area contributed by atoms with Gasteiger partial charge in [0.05, 0.1) is 34.1 Å². The number of piperidine rings is 1. The second kappa shape index (κ2) is 10.4. The fourth-order valence-electron chi connectivity index (χ4n) is 5.39. The molecule has 184 valence electrons. The summed E-state index contributed by atoms with van der Waals surface area (Å²) in [5.41, 5.74) is 2.71. The molecule has 2 aliphatic rings. The van der Waals surface area contributed by atoms with Crippen molar-refractivity contribution >= 4 is 34.4 Å². The third-order valence-electron chi connectivity index (χ3n) is 7.25. The van der Waals surface area contributed by atoms with Crippen molar-refractivity contribution in [2.24, 2.45) is 5.92 Å². The number of amides is 2. The van der Waals surface area contributed by atoms with Gasteiger partial charge in [-0.1, -0.05) is 35.9 Å². The number of likely N-dealkylation sites (tertiary alicyclic amines) is 1. The second-order valence-corrected chi connectivity index (χ2v) is 9.84. The van der Waals surface area contributed by atoms with Crippen molar-refractivity contribution in [2.45, 2.75) is 32.9 Å². The number of piperazine rings is 1. The van der Waals surface area contributed by atoms with Crippen molar-refractivity contribution in [3.05, 3.63) is 64.9 Å². The van der Waals surface area contributed by atoms with Crippen molar-refractivity contribution in [1.29, 1.82) is 0 Å². The predicted octanol–water partition coefficient (Wildman–Crippen LogP) is 3.91. The summed E-state index contributed by atoms with van der Waals surface area (Å²) in [6.45, 7) is 7.72. The number of hydrogen-bond donors (Lipinski definition) is 0. The van der Waals surface area contributed by atoms with Gasteiger partial charge in [-0.05, 0) is 50.6 Å². The molecule has 0 unspecified atom stereocenters. The Bertz CT molecular complexity index is 1220. The zero-order chi connectivity index (χ0) is 24.4. The molecule has 8 heteroatoms. The summed E-state index contributed by atoms with van der Waals surface area (Å²) in [7, 11) is 0. The van der Waals surface area contributed by atoms with Crippen LogP contribution in [-0.4, -0.2) is 75.3 Å². The van der Waals surface area contributed by atoms with Gasteiger partial charge in [0.15, 0.2) is 0 Å². The van der Waals surface area contributed by atoms with Crippen LogP contribution >= 0.6 is 11.6 Å². The SMILES string of the molecule is CCn1c(CN2CCC[C@H](C(=O)N3CCN(C(=O)c4ccccc4Cl)CC3)C2)nc2ccccc21. The Morgan fingerprint density at radius 2 is 1.69 bits per heavy atom. The highest BCUT2D eigenvalue weighted by Gasteiger charge is 2.32. The first-order valence-electron chi connectivity index (χ1n) is 12.5. The average molecular weight is 494 g/mol. The van der Waals surface area contributed by atoms with Crippen molar-refractivity contribution in [3.63, 3.8) is 0 Å². The van der Waals surface area contributed by atoms with Gasteiger partial charge in [-0.15, -0.1) is 0 Å². The maximum Gasteiger partial charge on any atom is 0.255 e. The fourth-order valence-corrected chi connectivity index (χ4v) is 5.61. The van der Waals surface area contributed by atoms with Crippen molar-refractivity contribution in [3.8, 4) is 0 Å². The zero-order valence-corrected chi connectivity index (χ0v) is 21.0. The highest BCUT2D eigenvalue weighted by atomic mass is 35.5. The van der Waals surface area contributed by atoms with Crippen LogP contribution in [0.4, 0.5) is 0 Å². The number of imidazole rings is 1. The minimum Gasteiger partial charge on any atom is -0.339 e. The Labute approximate surface area is 211 Å². The van der Waals surface area contributed by atoms with Gasteiger partial charge in [-0.25, -0.2) is 4.98 Å². The predicted molar refractivity (Wildman–Crippen MR) is 137 cm³/mol. The summed E-state index contributed by atoms with van der Waals surface area (Å²) in [5.74, 6) is 1.21. The highest BCUT2D eigenvalue weighted by Crippen LogP contribution is 2.24. The minimum absolute atomic E-state index is 0.00553. The lowest BCUT2D eigenvalue weighted by molar-refractivity contribution is -0.139. The molecule has 3 aromatic rings. The highest BCUT2D eigenvalue weighted by molar-refractivity contribution is 6.33.